The summed E-state index contributed by atoms with van der Waals surface area (Å²) >= 11 is 0. The Morgan fingerprint density at radius 2 is 1.47 bits per heavy atom. The zero-order chi connectivity index (χ0) is 21.8. The number of aromatic nitrogens is 4. The average molecular weight is 422 g/mol. The van der Waals surface area contributed by atoms with Crippen LogP contribution < -0.4 is 0 Å². The first-order valence-electron chi connectivity index (χ1n) is 10.8. The Bertz CT molecular complexity index is 1190. The minimum Gasteiger partial charge on any atom is -0.339 e. The lowest BCUT2D eigenvalue weighted by Crippen LogP contribution is -2.38. The Morgan fingerprint density at radius 1 is 0.812 bits per heavy atom. The fraction of sp³-hybridized carbons (Fsp3) is 0.192. The number of nitrogens with zero attached hydrogens (tertiary/aromatic N) is 5. The molecule has 4 heterocycles. The molecule has 4 aromatic rings. The molecule has 1 aromatic carbocycles. The summed E-state index contributed by atoms with van der Waals surface area (Å²) in [4.78, 5) is 32.6. The first-order chi connectivity index (χ1) is 15.8. The molecule has 3 aromatic heterocycles. The van der Waals surface area contributed by atoms with Crippen LogP contribution in [0.15, 0.2) is 85.6 Å². The van der Waals surface area contributed by atoms with Crippen molar-refractivity contribution in [1.82, 2.24) is 24.8 Å². The van der Waals surface area contributed by atoms with Crippen molar-refractivity contribution in [3.63, 3.8) is 0 Å². The molecule has 1 aliphatic rings. The lowest BCUT2D eigenvalue weighted by atomic mass is 9.88. The molecule has 0 aliphatic carbocycles. The number of pyridine rings is 2. The SMILES string of the molecule is O=C(c1ccncc1)N1CCC(c2nc(-c3ccccc3)ncc2-c2ccncc2)CC1. The monoisotopic (exact) mass is 421 g/mol. The number of carbonyl (C=O) groups is 1. The highest BCUT2D eigenvalue weighted by atomic mass is 16.2. The molecule has 1 saturated heterocycles. The van der Waals surface area contributed by atoms with Gasteiger partial charge >= 0.3 is 0 Å². The van der Waals surface area contributed by atoms with Gasteiger partial charge in [0.15, 0.2) is 5.82 Å². The summed E-state index contributed by atoms with van der Waals surface area (Å²) in [6.07, 6.45) is 10.6. The molecule has 0 bridgehead atoms. The van der Waals surface area contributed by atoms with Crippen molar-refractivity contribution in [2.45, 2.75) is 18.8 Å². The molecular weight excluding hydrogens is 398 g/mol. The van der Waals surface area contributed by atoms with E-state index in [-0.39, 0.29) is 11.8 Å². The molecule has 0 atom stereocenters. The van der Waals surface area contributed by atoms with E-state index >= 15 is 0 Å². The van der Waals surface area contributed by atoms with Gasteiger partial charge in [0, 0.05) is 66.7 Å². The van der Waals surface area contributed by atoms with Crippen LogP contribution in [0.25, 0.3) is 22.5 Å². The third kappa shape index (κ3) is 4.12. The van der Waals surface area contributed by atoms with Crippen LogP contribution in [0.2, 0.25) is 0 Å². The highest BCUT2D eigenvalue weighted by Gasteiger charge is 2.27. The van der Waals surface area contributed by atoms with E-state index < -0.39 is 0 Å². The van der Waals surface area contributed by atoms with Gasteiger partial charge in [0.05, 0.1) is 5.69 Å². The van der Waals surface area contributed by atoms with Gasteiger partial charge in [-0.15, -0.1) is 0 Å². The van der Waals surface area contributed by atoms with Crippen LogP contribution >= 0.6 is 0 Å². The minimum atomic E-state index is 0.0628. The number of likely N-dealkylation sites (tertiary alicyclic amines) is 1. The molecule has 1 fully saturated rings. The van der Waals surface area contributed by atoms with Crippen LogP contribution in [0.4, 0.5) is 0 Å². The molecule has 5 rings (SSSR count). The molecular formula is C26H23N5O. The Kier molecular flexibility index (Phi) is 5.66. The van der Waals surface area contributed by atoms with Crippen molar-refractivity contribution in [1.29, 1.82) is 0 Å². The van der Waals surface area contributed by atoms with Crippen molar-refractivity contribution in [2.75, 3.05) is 13.1 Å². The smallest absolute Gasteiger partial charge is 0.253 e. The molecule has 0 spiro atoms. The minimum absolute atomic E-state index is 0.0628. The number of hydrogen-bond acceptors (Lipinski definition) is 5. The largest absolute Gasteiger partial charge is 0.339 e. The second kappa shape index (κ2) is 9.06. The standard InChI is InChI=1S/C26H23N5O/c32-26(22-8-14-28-15-9-22)31-16-10-20(11-17-31)24-23(19-6-12-27-13-7-19)18-29-25(30-24)21-4-2-1-3-5-21/h1-9,12-15,18,20H,10-11,16-17H2. The van der Waals surface area contributed by atoms with E-state index in [0.29, 0.717) is 18.7 Å². The number of hydrogen-bond donors (Lipinski definition) is 0. The normalized spacial score (nSPS) is 14.3. The maximum atomic E-state index is 12.8. The lowest BCUT2D eigenvalue weighted by molar-refractivity contribution is 0.0712. The molecule has 0 N–H and O–H groups in total. The molecule has 1 aliphatic heterocycles. The summed E-state index contributed by atoms with van der Waals surface area (Å²) in [5, 5.41) is 0. The summed E-state index contributed by atoms with van der Waals surface area (Å²) in [6.45, 7) is 1.40. The topological polar surface area (TPSA) is 71.9 Å². The summed E-state index contributed by atoms with van der Waals surface area (Å²) in [6, 6.07) is 17.6. The maximum absolute atomic E-state index is 12.8. The van der Waals surface area contributed by atoms with Gasteiger partial charge in [-0.3, -0.25) is 14.8 Å². The Balaban J connectivity index is 1.43. The molecule has 0 unspecified atom stereocenters. The molecule has 158 valence electrons. The highest BCUT2D eigenvalue weighted by molar-refractivity contribution is 5.94. The second-order valence-corrected chi connectivity index (χ2v) is 7.90. The van der Waals surface area contributed by atoms with Crippen molar-refractivity contribution in [2.24, 2.45) is 0 Å². The van der Waals surface area contributed by atoms with E-state index in [4.69, 9.17) is 4.98 Å². The van der Waals surface area contributed by atoms with Crippen LogP contribution in [0, 0.1) is 0 Å². The highest BCUT2D eigenvalue weighted by Crippen LogP contribution is 2.35. The van der Waals surface area contributed by atoms with Gasteiger partial charge in [-0.2, -0.15) is 0 Å². The van der Waals surface area contributed by atoms with Gasteiger partial charge in [-0.05, 0) is 42.7 Å². The van der Waals surface area contributed by atoms with Crippen LogP contribution in [0.3, 0.4) is 0 Å². The van der Waals surface area contributed by atoms with Crippen molar-refractivity contribution < 1.29 is 4.79 Å². The summed E-state index contributed by atoms with van der Waals surface area (Å²) in [7, 11) is 0. The molecule has 32 heavy (non-hydrogen) atoms. The van der Waals surface area contributed by atoms with Crippen LogP contribution in [-0.4, -0.2) is 43.8 Å². The maximum Gasteiger partial charge on any atom is 0.253 e. The first kappa shape index (κ1) is 20.0. The fourth-order valence-electron chi connectivity index (χ4n) is 4.22. The van der Waals surface area contributed by atoms with Crippen molar-refractivity contribution in [3.05, 3.63) is 96.8 Å². The van der Waals surface area contributed by atoms with Gasteiger partial charge in [-0.1, -0.05) is 30.3 Å². The molecule has 0 radical (unpaired) electrons. The predicted octanol–water partition coefficient (Wildman–Crippen LogP) is 4.62. The molecule has 6 heteroatoms. The second-order valence-electron chi connectivity index (χ2n) is 7.90. The van der Waals surface area contributed by atoms with Gasteiger partial charge in [-0.25, -0.2) is 9.97 Å². The van der Waals surface area contributed by atoms with Crippen LogP contribution in [0.5, 0.6) is 0 Å². The molecule has 0 saturated carbocycles. The first-order valence-corrected chi connectivity index (χ1v) is 10.8. The zero-order valence-corrected chi connectivity index (χ0v) is 17.6. The zero-order valence-electron chi connectivity index (χ0n) is 17.6. The van der Waals surface area contributed by atoms with Crippen LogP contribution in [-0.2, 0) is 0 Å². The average Bonchev–Trinajstić information content (AvgIpc) is 2.89. The van der Waals surface area contributed by atoms with E-state index in [1.807, 2.05) is 53.6 Å². The quantitative estimate of drug-likeness (QED) is 0.481. The van der Waals surface area contributed by atoms with Gasteiger partial charge in [0.25, 0.3) is 5.91 Å². The van der Waals surface area contributed by atoms with Gasteiger partial charge in [0.2, 0.25) is 0 Å². The number of rotatable bonds is 4. The summed E-state index contributed by atoms with van der Waals surface area (Å²) in [5.74, 6) is 1.05. The van der Waals surface area contributed by atoms with E-state index in [2.05, 4.69) is 15.0 Å². The van der Waals surface area contributed by atoms with Gasteiger partial charge in [0.1, 0.15) is 0 Å². The van der Waals surface area contributed by atoms with E-state index in [1.165, 1.54) is 0 Å². The van der Waals surface area contributed by atoms with Crippen LogP contribution in [0.1, 0.15) is 34.8 Å². The number of piperidine rings is 1. The molecule has 6 nitrogen and oxygen atoms in total. The van der Waals surface area contributed by atoms with E-state index in [9.17, 15) is 4.79 Å². The number of carbonyl (C=O) groups excluding carboxylic acids is 1. The Hall–Kier alpha value is -3.93. The number of benzene rings is 1. The third-order valence-corrected chi connectivity index (χ3v) is 5.94. The van der Waals surface area contributed by atoms with Crippen molar-refractivity contribution in [3.8, 4) is 22.5 Å². The van der Waals surface area contributed by atoms with Crippen molar-refractivity contribution >= 4 is 5.91 Å². The summed E-state index contributed by atoms with van der Waals surface area (Å²) in [5.41, 5.74) is 4.82. The Labute approximate surface area is 187 Å². The van der Waals surface area contributed by atoms with E-state index in [0.717, 1.165) is 41.1 Å². The van der Waals surface area contributed by atoms with E-state index in [1.54, 1.807) is 36.9 Å². The third-order valence-electron chi connectivity index (χ3n) is 5.94. The predicted molar refractivity (Wildman–Crippen MR) is 123 cm³/mol. The lowest BCUT2D eigenvalue weighted by Gasteiger charge is -2.32. The van der Waals surface area contributed by atoms with Gasteiger partial charge < -0.3 is 4.90 Å². The molecule has 1 amide bonds. The fourth-order valence-corrected chi connectivity index (χ4v) is 4.22. The Morgan fingerprint density at radius 3 is 2.16 bits per heavy atom. The summed E-state index contributed by atoms with van der Waals surface area (Å²) < 4.78 is 0. The number of amides is 1.